The van der Waals surface area contributed by atoms with Gasteiger partial charge in [-0.15, -0.1) is 0 Å². The maximum absolute atomic E-state index is 15.0. The number of rotatable bonds is 9. The van der Waals surface area contributed by atoms with E-state index < -0.39 is 23.1 Å². The highest BCUT2D eigenvalue weighted by Gasteiger charge is 2.66. The molecule has 4 atom stereocenters. The predicted octanol–water partition coefficient (Wildman–Crippen LogP) is 3.10. The van der Waals surface area contributed by atoms with Crippen molar-refractivity contribution < 1.29 is 27.8 Å². The van der Waals surface area contributed by atoms with E-state index in [9.17, 15) is 9.18 Å². The summed E-state index contributed by atoms with van der Waals surface area (Å²) in [6.07, 6.45) is 2.98. The summed E-state index contributed by atoms with van der Waals surface area (Å²) in [5, 5.41) is 2.84. The summed E-state index contributed by atoms with van der Waals surface area (Å²) in [5.74, 6) is -2.65. The number of benzene rings is 1. The van der Waals surface area contributed by atoms with Crippen LogP contribution in [-0.4, -0.2) is 59.3 Å². The minimum atomic E-state index is -1.11. The van der Waals surface area contributed by atoms with E-state index in [1.807, 2.05) is 0 Å². The number of nitrogens with zero attached hydrogens (tertiary/aromatic N) is 3. The molecular weight excluding hydrogens is 480 g/mol. The van der Waals surface area contributed by atoms with Crippen molar-refractivity contribution in [1.29, 1.82) is 0 Å². The van der Waals surface area contributed by atoms with Crippen molar-refractivity contribution in [2.24, 2.45) is 16.6 Å². The molecule has 1 unspecified atom stereocenters. The van der Waals surface area contributed by atoms with Crippen LogP contribution in [0.3, 0.4) is 0 Å². The van der Waals surface area contributed by atoms with Gasteiger partial charge in [-0.25, -0.2) is 18.7 Å². The zero-order valence-electron chi connectivity index (χ0n) is 19.8. The van der Waals surface area contributed by atoms with Crippen molar-refractivity contribution >= 4 is 28.5 Å². The Bertz CT molecular complexity index is 1150. The normalized spacial score (nSPS) is 25.9. The number of aliphatic imine (C=N–C) groups is 1. The first-order valence-electron chi connectivity index (χ1n) is 10.9. The Kier molecular flexibility index (Phi) is 6.98. The first-order valence-corrected chi connectivity index (χ1v) is 11.8. The van der Waals surface area contributed by atoms with Crippen molar-refractivity contribution in [3.63, 3.8) is 0 Å². The van der Waals surface area contributed by atoms with Crippen molar-refractivity contribution in [1.82, 2.24) is 9.97 Å². The van der Waals surface area contributed by atoms with E-state index in [2.05, 4.69) is 20.3 Å². The average Bonchev–Trinajstić information content (AvgIpc) is 3.51. The summed E-state index contributed by atoms with van der Waals surface area (Å²) < 4.78 is 45.2. The fourth-order valence-corrected chi connectivity index (χ4v) is 5.97. The number of nitrogens with one attached hydrogen (secondary N) is 1. The molecule has 1 aliphatic heterocycles. The zero-order valence-corrected chi connectivity index (χ0v) is 20.6. The summed E-state index contributed by atoms with van der Waals surface area (Å²) in [7, 11) is 3.14. The van der Waals surface area contributed by atoms with Gasteiger partial charge >= 0.3 is 0 Å². The van der Waals surface area contributed by atoms with Crippen LogP contribution in [0.2, 0.25) is 0 Å². The first-order chi connectivity index (χ1) is 16.6. The van der Waals surface area contributed by atoms with Gasteiger partial charge in [0, 0.05) is 37.5 Å². The molecule has 1 aromatic heterocycles. The molecule has 4 rings (SSSR count). The first kappa shape index (κ1) is 25.3. The second kappa shape index (κ2) is 9.67. The molecule has 0 spiro atoms. The van der Waals surface area contributed by atoms with Crippen molar-refractivity contribution in [3.05, 3.63) is 47.4 Å². The number of carbonyl (C=O) groups is 1. The number of fused-ring (bicyclic) bond motifs is 1. The Hall–Kier alpha value is -2.83. The average molecular weight is 508 g/mol. The Balaban J connectivity index is 1.56. The SMILES string of the molecule is COC[C@H](C)Oc1cnc(C(=O)Nc2cc(F)c(F)c([C@@]3(C)N=C(N)S[C@@]4(COC)CC43)c2)cn1. The summed E-state index contributed by atoms with van der Waals surface area (Å²) >= 11 is 1.40. The van der Waals surface area contributed by atoms with E-state index in [1.165, 1.54) is 30.2 Å². The third-order valence-corrected chi connectivity index (χ3v) is 7.43. The molecule has 9 nitrogen and oxygen atoms in total. The van der Waals surface area contributed by atoms with Gasteiger partial charge in [0.1, 0.15) is 11.8 Å². The lowest BCUT2D eigenvalue weighted by Crippen LogP contribution is -2.38. The molecular formula is C23H27F2N5O4S. The second-order valence-electron chi connectivity index (χ2n) is 8.85. The molecule has 188 valence electrons. The van der Waals surface area contributed by atoms with Crippen LogP contribution >= 0.6 is 11.8 Å². The van der Waals surface area contributed by atoms with Crippen LogP contribution in [0.5, 0.6) is 5.88 Å². The number of hydrogen-bond donors (Lipinski definition) is 2. The number of amides is 1. The van der Waals surface area contributed by atoms with E-state index >= 15 is 4.39 Å². The van der Waals surface area contributed by atoms with Crippen LogP contribution in [0.4, 0.5) is 14.5 Å². The number of anilines is 1. The maximum Gasteiger partial charge on any atom is 0.275 e. The quantitative estimate of drug-likeness (QED) is 0.531. The van der Waals surface area contributed by atoms with Gasteiger partial charge in [0.2, 0.25) is 5.88 Å². The third-order valence-electron chi connectivity index (χ3n) is 6.16. The Morgan fingerprint density at radius 1 is 1.29 bits per heavy atom. The highest BCUT2D eigenvalue weighted by Crippen LogP contribution is 2.66. The molecule has 1 amide bonds. The van der Waals surface area contributed by atoms with Crippen LogP contribution in [0.15, 0.2) is 29.5 Å². The molecule has 1 saturated carbocycles. The largest absolute Gasteiger partial charge is 0.471 e. The molecule has 1 aromatic carbocycles. The number of halogens is 2. The topological polar surface area (TPSA) is 121 Å². The van der Waals surface area contributed by atoms with Crippen molar-refractivity contribution in [3.8, 4) is 5.88 Å². The van der Waals surface area contributed by atoms with Gasteiger partial charge in [0.05, 0.1) is 35.9 Å². The maximum atomic E-state index is 15.0. The lowest BCUT2D eigenvalue weighted by Gasteiger charge is -2.34. The Labute approximate surface area is 205 Å². The van der Waals surface area contributed by atoms with Crippen LogP contribution in [0, 0.1) is 17.6 Å². The van der Waals surface area contributed by atoms with E-state index in [0.717, 1.165) is 6.07 Å². The lowest BCUT2D eigenvalue weighted by molar-refractivity contribution is 0.0885. The Morgan fingerprint density at radius 2 is 2.06 bits per heavy atom. The van der Waals surface area contributed by atoms with Gasteiger partial charge in [-0.05, 0) is 26.3 Å². The molecule has 2 heterocycles. The van der Waals surface area contributed by atoms with Gasteiger partial charge in [-0.1, -0.05) is 11.8 Å². The number of ether oxygens (including phenoxy) is 3. The summed E-state index contributed by atoms with van der Waals surface area (Å²) in [5.41, 5.74) is 5.00. The lowest BCUT2D eigenvalue weighted by atomic mass is 9.85. The van der Waals surface area contributed by atoms with Crippen molar-refractivity contribution in [2.45, 2.75) is 36.7 Å². The second-order valence-corrected chi connectivity index (χ2v) is 10.3. The molecule has 2 aromatic rings. The highest BCUT2D eigenvalue weighted by atomic mass is 32.2. The highest BCUT2D eigenvalue weighted by molar-refractivity contribution is 8.15. The van der Waals surface area contributed by atoms with Crippen molar-refractivity contribution in [2.75, 3.05) is 32.8 Å². The molecule has 35 heavy (non-hydrogen) atoms. The molecule has 0 bridgehead atoms. The third kappa shape index (κ3) is 4.95. The van der Waals surface area contributed by atoms with E-state index in [-0.39, 0.29) is 44.8 Å². The van der Waals surface area contributed by atoms with Gasteiger partial charge in [0.25, 0.3) is 5.91 Å². The van der Waals surface area contributed by atoms with E-state index in [1.54, 1.807) is 28.1 Å². The number of nitrogens with two attached hydrogens (primary N) is 1. The molecule has 3 N–H and O–H groups in total. The zero-order chi connectivity index (χ0) is 25.4. The van der Waals surface area contributed by atoms with Gasteiger partial charge in [0.15, 0.2) is 16.8 Å². The standard InChI is InChI=1S/C23H27F2N5O4S/c1-12(10-32-3)34-18-9-27-16(8-28-18)20(31)29-13-5-14(19(25)15(24)6-13)22(2)17-7-23(17,11-33-4)35-21(26)30-22/h5-6,8-9,12,17H,7,10-11H2,1-4H3,(H2,26,30)(H,29,31)/t12-,17?,22+,23+/m0/s1. The number of aromatic nitrogens is 2. The molecule has 0 saturated heterocycles. The molecule has 1 aliphatic carbocycles. The number of methoxy groups -OCH3 is 2. The summed E-state index contributed by atoms with van der Waals surface area (Å²) in [6.45, 7) is 4.30. The van der Waals surface area contributed by atoms with Crippen LogP contribution in [0.25, 0.3) is 0 Å². The summed E-state index contributed by atoms with van der Waals surface area (Å²) in [4.78, 5) is 25.3. The smallest absolute Gasteiger partial charge is 0.275 e. The fourth-order valence-electron chi connectivity index (χ4n) is 4.52. The summed E-state index contributed by atoms with van der Waals surface area (Å²) in [6, 6.07) is 2.30. The molecule has 12 heteroatoms. The molecule has 1 fully saturated rings. The van der Waals surface area contributed by atoms with Gasteiger partial charge < -0.3 is 25.3 Å². The number of amidine groups is 1. The predicted molar refractivity (Wildman–Crippen MR) is 128 cm³/mol. The van der Waals surface area contributed by atoms with Gasteiger partial charge in [-0.2, -0.15) is 0 Å². The minimum absolute atomic E-state index is 0.0148. The monoisotopic (exact) mass is 507 g/mol. The van der Waals surface area contributed by atoms with Crippen LogP contribution in [0.1, 0.15) is 36.3 Å². The van der Waals surface area contributed by atoms with E-state index in [0.29, 0.717) is 19.6 Å². The number of carbonyl (C=O) groups excluding carboxylic acids is 1. The number of hydrogen-bond acceptors (Lipinski definition) is 9. The minimum Gasteiger partial charge on any atom is -0.471 e. The Morgan fingerprint density at radius 3 is 2.71 bits per heavy atom. The van der Waals surface area contributed by atoms with Crippen LogP contribution < -0.4 is 15.8 Å². The van der Waals surface area contributed by atoms with E-state index in [4.69, 9.17) is 19.9 Å². The van der Waals surface area contributed by atoms with Crippen LogP contribution in [-0.2, 0) is 15.0 Å². The molecule has 2 aliphatic rings. The number of thioether (sulfide) groups is 1. The van der Waals surface area contributed by atoms with Gasteiger partial charge in [-0.3, -0.25) is 9.79 Å². The molecule has 0 radical (unpaired) electrons. The fraction of sp³-hybridized carbons (Fsp3) is 0.478.